The summed E-state index contributed by atoms with van der Waals surface area (Å²) in [6.07, 6.45) is -1.40. The summed E-state index contributed by atoms with van der Waals surface area (Å²) in [5.74, 6) is -3.27. The van der Waals surface area contributed by atoms with Gasteiger partial charge in [-0.15, -0.1) is 0 Å². The van der Waals surface area contributed by atoms with E-state index in [4.69, 9.17) is 10.2 Å². The molecule has 0 bridgehead atoms. The first kappa shape index (κ1) is 10.3. The molecule has 0 aliphatic rings. The Morgan fingerprint density at radius 2 is 1.58 bits per heavy atom. The van der Waals surface area contributed by atoms with Crippen LogP contribution < -0.4 is 0 Å². The van der Waals surface area contributed by atoms with Crippen molar-refractivity contribution >= 4 is 24.5 Å². The van der Waals surface area contributed by atoms with Gasteiger partial charge in [-0.25, -0.2) is 0 Å². The second-order valence-electron chi connectivity index (χ2n) is 2.15. The van der Waals surface area contributed by atoms with E-state index < -0.39 is 23.8 Å². The van der Waals surface area contributed by atoms with Crippen LogP contribution in [0.4, 0.5) is 0 Å². The highest BCUT2D eigenvalue weighted by Crippen LogP contribution is 2.15. The van der Waals surface area contributed by atoms with Crippen LogP contribution in [0.5, 0.6) is 0 Å². The summed E-state index contributed by atoms with van der Waals surface area (Å²) in [5.41, 5.74) is -2.44. The van der Waals surface area contributed by atoms with Gasteiger partial charge in [-0.05, 0) is 0 Å². The lowest BCUT2D eigenvalue weighted by molar-refractivity contribution is -0.159. The number of hydrogen-bond acceptors (Lipinski definition) is 4. The Balaban J connectivity index is 4.82. The molecule has 0 aliphatic heterocycles. The Morgan fingerprint density at radius 3 is 1.67 bits per heavy atom. The fraction of sp³-hybridized carbons (Fsp3) is 0.333. The Hall–Kier alpha value is -1.72. The molecule has 0 aliphatic carbocycles. The van der Waals surface area contributed by atoms with Crippen molar-refractivity contribution in [3.8, 4) is 0 Å². The molecule has 0 fully saturated rings. The maximum absolute atomic E-state index is 10.3. The number of aldehydes is 2. The second kappa shape index (κ2) is 3.61. The van der Waals surface area contributed by atoms with Crippen LogP contribution in [0.15, 0.2) is 0 Å². The van der Waals surface area contributed by atoms with E-state index >= 15 is 0 Å². The molecule has 0 saturated heterocycles. The average molecular weight is 174 g/mol. The zero-order valence-corrected chi connectivity index (χ0v) is 5.89. The maximum Gasteiger partial charge on any atom is 0.324 e. The van der Waals surface area contributed by atoms with E-state index in [0.717, 1.165) is 0 Å². The van der Waals surface area contributed by atoms with Crippen LogP contribution in [0.3, 0.4) is 0 Å². The third kappa shape index (κ3) is 1.88. The molecule has 0 unspecified atom stereocenters. The van der Waals surface area contributed by atoms with Gasteiger partial charge < -0.3 is 19.8 Å². The van der Waals surface area contributed by atoms with Gasteiger partial charge in [0.2, 0.25) is 0 Å². The normalized spacial score (nSPS) is 10.3. The minimum Gasteiger partial charge on any atom is -0.481 e. The van der Waals surface area contributed by atoms with E-state index in [-0.39, 0.29) is 12.6 Å². The summed E-state index contributed by atoms with van der Waals surface area (Å²) in [6, 6.07) is 0. The standard InChI is InChI=1S/C6H6O6/c7-2-6(3-8,5(11)12)1-4(9)10/h2-3H,1H2,(H,9,10)(H,11,12). The predicted molar refractivity (Wildman–Crippen MR) is 34.4 cm³/mol. The number of aliphatic carboxylic acids is 2. The number of carboxylic acids is 2. The number of hydrogen-bond donors (Lipinski definition) is 2. The molecule has 0 aromatic carbocycles. The van der Waals surface area contributed by atoms with E-state index in [1.807, 2.05) is 0 Å². The molecule has 2 N–H and O–H groups in total. The van der Waals surface area contributed by atoms with Crippen molar-refractivity contribution in [1.29, 1.82) is 0 Å². The van der Waals surface area contributed by atoms with Crippen LogP contribution in [-0.2, 0) is 19.2 Å². The van der Waals surface area contributed by atoms with Crippen molar-refractivity contribution in [1.82, 2.24) is 0 Å². The summed E-state index contributed by atoms with van der Waals surface area (Å²) < 4.78 is 0. The van der Waals surface area contributed by atoms with Crippen LogP contribution in [0, 0.1) is 5.41 Å². The van der Waals surface area contributed by atoms with E-state index in [9.17, 15) is 19.2 Å². The Bertz CT molecular complexity index is 222. The van der Waals surface area contributed by atoms with E-state index in [2.05, 4.69) is 0 Å². The molecule has 12 heavy (non-hydrogen) atoms. The molecule has 0 heterocycles. The quantitative estimate of drug-likeness (QED) is 0.405. The lowest BCUT2D eigenvalue weighted by Crippen LogP contribution is -2.36. The van der Waals surface area contributed by atoms with E-state index in [0.29, 0.717) is 0 Å². The Labute approximate surface area is 66.8 Å². The van der Waals surface area contributed by atoms with Crippen molar-refractivity contribution in [2.24, 2.45) is 5.41 Å². The van der Waals surface area contributed by atoms with Gasteiger partial charge in [0.15, 0.2) is 5.41 Å². The van der Waals surface area contributed by atoms with Crippen LogP contribution in [0.1, 0.15) is 6.42 Å². The first-order valence-electron chi connectivity index (χ1n) is 2.86. The molecule has 0 aromatic rings. The van der Waals surface area contributed by atoms with Crippen LogP contribution in [0.2, 0.25) is 0 Å². The maximum atomic E-state index is 10.3. The Morgan fingerprint density at radius 1 is 1.17 bits per heavy atom. The molecule has 0 saturated carbocycles. The first-order valence-corrected chi connectivity index (χ1v) is 2.86. The van der Waals surface area contributed by atoms with E-state index in [1.54, 1.807) is 0 Å². The number of rotatable bonds is 5. The summed E-state index contributed by atoms with van der Waals surface area (Å²) in [6.45, 7) is 0. The zero-order valence-electron chi connectivity index (χ0n) is 5.89. The fourth-order valence-electron chi connectivity index (χ4n) is 0.538. The molecule has 6 nitrogen and oxygen atoms in total. The lowest BCUT2D eigenvalue weighted by atomic mass is 9.88. The van der Waals surface area contributed by atoms with Gasteiger partial charge in [0.25, 0.3) is 0 Å². The highest BCUT2D eigenvalue weighted by molar-refractivity contribution is 6.09. The first-order chi connectivity index (χ1) is 5.48. The topological polar surface area (TPSA) is 109 Å². The van der Waals surface area contributed by atoms with Crippen LogP contribution in [0.25, 0.3) is 0 Å². The number of carbonyl (C=O) groups excluding carboxylic acids is 2. The third-order valence-corrected chi connectivity index (χ3v) is 1.26. The van der Waals surface area contributed by atoms with Crippen LogP contribution in [-0.4, -0.2) is 34.7 Å². The lowest BCUT2D eigenvalue weighted by Gasteiger charge is -2.11. The summed E-state index contributed by atoms with van der Waals surface area (Å²) in [4.78, 5) is 40.7. The molecule has 66 valence electrons. The van der Waals surface area contributed by atoms with Gasteiger partial charge in [0.05, 0.1) is 6.42 Å². The summed E-state index contributed by atoms with van der Waals surface area (Å²) >= 11 is 0. The largest absolute Gasteiger partial charge is 0.481 e. The third-order valence-electron chi connectivity index (χ3n) is 1.26. The molecule has 0 amide bonds. The minimum absolute atomic E-state index is 0.184. The van der Waals surface area contributed by atoms with Crippen molar-refractivity contribution in [3.05, 3.63) is 0 Å². The van der Waals surface area contributed by atoms with Crippen molar-refractivity contribution in [2.75, 3.05) is 0 Å². The van der Waals surface area contributed by atoms with Crippen molar-refractivity contribution in [3.63, 3.8) is 0 Å². The molecule has 0 radical (unpaired) electrons. The van der Waals surface area contributed by atoms with Gasteiger partial charge >= 0.3 is 11.9 Å². The smallest absolute Gasteiger partial charge is 0.324 e. The molecule has 0 spiro atoms. The highest BCUT2D eigenvalue weighted by Gasteiger charge is 2.40. The molecule has 6 heteroatoms. The Kier molecular flexibility index (Phi) is 3.09. The predicted octanol–water partition coefficient (Wildman–Crippen LogP) is -1.07. The highest BCUT2D eigenvalue weighted by atomic mass is 16.4. The van der Waals surface area contributed by atoms with Crippen molar-refractivity contribution < 1.29 is 29.4 Å². The molecular weight excluding hydrogens is 168 g/mol. The molecular formula is C6H6O6. The fourth-order valence-corrected chi connectivity index (χ4v) is 0.538. The van der Waals surface area contributed by atoms with Gasteiger partial charge in [-0.3, -0.25) is 9.59 Å². The SMILES string of the molecule is O=CC(C=O)(CC(=O)O)C(=O)O. The average Bonchev–Trinajstić information content (AvgIpc) is 1.99. The monoisotopic (exact) mass is 174 g/mol. The summed E-state index contributed by atoms with van der Waals surface area (Å²) in [5, 5.41) is 16.5. The molecule has 0 aromatic heterocycles. The van der Waals surface area contributed by atoms with Gasteiger partial charge in [0.1, 0.15) is 12.6 Å². The molecule has 0 atom stereocenters. The van der Waals surface area contributed by atoms with Crippen LogP contribution >= 0.6 is 0 Å². The minimum atomic E-state index is -2.44. The number of carbonyl (C=O) groups is 4. The zero-order chi connectivity index (χ0) is 9.78. The summed E-state index contributed by atoms with van der Waals surface area (Å²) in [7, 11) is 0. The number of carboxylic acid groups (broad SMARTS) is 2. The van der Waals surface area contributed by atoms with Crippen molar-refractivity contribution in [2.45, 2.75) is 6.42 Å². The van der Waals surface area contributed by atoms with Gasteiger partial charge in [-0.2, -0.15) is 0 Å². The van der Waals surface area contributed by atoms with Gasteiger partial charge in [0, 0.05) is 0 Å². The second-order valence-corrected chi connectivity index (χ2v) is 2.15. The van der Waals surface area contributed by atoms with E-state index in [1.165, 1.54) is 0 Å². The molecule has 0 rings (SSSR count). The van der Waals surface area contributed by atoms with Gasteiger partial charge in [-0.1, -0.05) is 0 Å².